The van der Waals surface area contributed by atoms with E-state index >= 15 is 0 Å². The van der Waals surface area contributed by atoms with E-state index < -0.39 is 11.6 Å². The summed E-state index contributed by atoms with van der Waals surface area (Å²) >= 11 is 0. The van der Waals surface area contributed by atoms with Crippen LogP contribution in [0.3, 0.4) is 0 Å². The molecule has 0 amide bonds. The summed E-state index contributed by atoms with van der Waals surface area (Å²) in [5.74, 6) is -2.01. The quantitative estimate of drug-likeness (QED) is 0.170. The molecule has 0 fully saturated rings. The van der Waals surface area contributed by atoms with E-state index in [1.807, 2.05) is 30.3 Å². The summed E-state index contributed by atoms with van der Waals surface area (Å²) in [5.41, 5.74) is 1.96. The molecule has 2 nitrogen and oxygen atoms in total. The number of unbranched alkanes of at least 4 members (excludes halogenated alkanes) is 3. The van der Waals surface area contributed by atoms with Crippen molar-refractivity contribution in [1.82, 2.24) is 0 Å². The maximum absolute atomic E-state index is 14.7. The van der Waals surface area contributed by atoms with Crippen LogP contribution in [0.2, 0.25) is 0 Å². The van der Waals surface area contributed by atoms with Gasteiger partial charge in [-0.3, -0.25) is 0 Å². The predicted molar refractivity (Wildman–Crippen MR) is 143 cm³/mol. The van der Waals surface area contributed by atoms with E-state index in [1.54, 1.807) is 6.07 Å². The van der Waals surface area contributed by atoms with Crippen LogP contribution in [-0.2, 0) is 4.74 Å². The van der Waals surface area contributed by atoms with Crippen molar-refractivity contribution in [1.29, 1.82) is 0 Å². The Labute approximate surface area is 208 Å². The normalized spacial score (nSPS) is 12.3. The van der Waals surface area contributed by atoms with Gasteiger partial charge in [-0.15, -0.1) is 0 Å². The van der Waals surface area contributed by atoms with Crippen LogP contribution in [0.25, 0.3) is 28.0 Å². The van der Waals surface area contributed by atoms with Gasteiger partial charge in [0.15, 0.2) is 11.6 Å². The Kier molecular flexibility index (Phi) is 10.5. The van der Waals surface area contributed by atoms with Crippen LogP contribution in [0.5, 0.6) is 5.75 Å². The highest BCUT2D eigenvalue weighted by atomic mass is 19.2. The van der Waals surface area contributed by atoms with E-state index in [4.69, 9.17) is 9.47 Å². The predicted octanol–water partition coefficient (Wildman–Crippen LogP) is 9.13. The van der Waals surface area contributed by atoms with E-state index in [9.17, 15) is 8.78 Å². The molecule has 4 heteroatoms. The number of halogens is 2. The summed E-state index contributed by atoms with van der Waals surface area (Å²) in [6.45, 7) is 8.86. The topological polar surface area (TPSA) is 18.5 Å². The minimum atomic E-state index is -0.984. The van der Waals surface area contributed by atoms with Crippen molar-refractivity contribution in [3.8, 4) is 16.9 Å². The van der Waals surface area contributed by atoms with Gasteiger partial charge in [-0.25, -0.2) is 4.39 Å². The Morgan fingerprint density at radius 3 is 2.54 bits per heavy atom. The van der Waals surface area contributed by atoms with Crippen LogP contribution >= 0.6 is 0 Å². The molecular formula is C31H36F2O2. The lowest BCUT2D eigenvalue weighted by Gasteiger charge is -2.12. The maximum atomic E-state index is 14.7. The molecule has 0 radical (unpaired) electrons. The first-order valence-electron chi connectivity index (χ1n) is 12.6. The third-order valence-corrected chi connectivity index (χ3v) is 6.02. The number of benzene rings is 3. The van der Waals surface area contributed by atoms with E-state index in [0.29, 0.717) is 11.7 Å². The van der Waals surface area contributed by atoms with Crippen LogP contribution in [0.4, 0.5) is 8.78 Å². The van der Waals surface area contributed by atoms with Crippen molar-refractivity contribution in [2.75, 3.05) is 13.2 Å². The molecule has 0 aliphatic carbocycles. The van der Waals surface area contributed by atoms with Crippen molar-refractivity contribution >= 4 is 16.8 Å². The second-order valence-corrected chi connectivity index (χ2v) is 8.88. The highest BCUT2D eigenvalue weighted by molar-refractivity contribution is 5.89. The van der Waals surface area contributed by atoms with Gasteiger partial charge in [-0.2, -0.15) is 4.39 Å². The fraction of sp³-hybridized carbons (Fsp3) is 0.355. The van der Waals surface area contributed by atoms with Gasteiger partial charge < -0.3 is 9.47 Å². The van der Waals surface area contributed by atoms with Crippen molar-refractivity contribution in [3.05, 3.63) is 84.5 Å². The molecule has 3 aromatic carbocycles. The summed E-state index contributed by atoms with van der Waals surface area (Å²) in [5, 5.41) is 2.03. The third-order valence-electron chi connectivity index (χ3n) is 6.02. The van der Waals surface area contributed by atoms with Gasteiger partial charge in [-0.05, 0) is 78.8 Å². The van der Waals surface area contributed by atoms with Gasteiger partial charge in [0, 0.05) is 12.2 Å². The minimum Gasteiger partial charge on any atom is -0.486 e. The molecule has 0 saturated carbocycles. The number of allylic oxidation sites excluding steroid dienone is 1. The van der Waals surface area contributed by atoms with E-state index in [0.717, 1.165) is 48.6 Å². The lowest BCUT2D eigenvalue weighted by molar-refractivity contribution is 0.0566. The van der Waals surface area contributed by atoms with Gasteiger partial charge in [0.1, 0.15) is 6.61 Å². The zero-order valence-corrected chi connectivity index (χ0v) is 20.9. The van der Waals surface area contributed by atoms with Crippen LogP contribution in [0, 0.1) is 11.6 Å². The summed E-state index contributed by atoms with van der Waals surface area (Å²) in [6, 6.07) is 14.8. The largest absolute Gasteiger partial charge is 0.486 e. The average molecular weight is 479 g/mol. The minimum absolute atomic E-state index is 0.114. The number of ether oxygens (including phenoxy) is 2. The monoisotopic (exact) mass is 478 g/mol. The summed E-state index contributed by atoms with van der Waals surface area (Å²) in [7, 11) is 0. The van der Waals surface area contributed by atoms with Gasteiger partial charge in [0.2, 0.25) is 5.82 Å². The van der Waals surface area contributed by atoms with Gasteiger partial charge in [0.25, 0.3) is 0 Å². The lowest BCUT2D eigenvalue weighted by Crippen LogP contribution is -2.08. The van der Waals surface area contributed by atoms with Crippen LogP contribution < -0.4 is 4.74 Å². The Balaban J connectivity index is 1.59. The Morgan fingerprint density at radius 1 is 0.943 bits per heavy atom. The molecule has 0 aromatic heterocycles. The highest BCUT2D eigenvalue weighted by Crippen LogP contribution is 2.32. The van der Waals surface area contributed by atoms with Crippen LogP contribution in [-0.4, -0.2) is 19.3 Å². The molecule has 3 rings (SSSR count). The highest BCUT2D eigenvalue weighted by Gasteiger charge is 2.16. The molecule has 0 heterocycles. The van der Waals surface area contributed by atoms with Crippen molar-refractivity contribution in [3.63, 3.8) is 0 Å². The molecule has 35 heavy (non-hydrogen) atoms. The molecule has 186 valence electrons. The molecule has 0 aliphatic rings. The van der Waals surface area contributed by atoms with Gasteiger partial charge >= 0.3 is 0 Å². The fourth-order valence-electron chi connectivity index (χ4n) is 4.01. The molecule has 0 aliphatic heterocycles. The molecule has 0 bridgehead atoms. The first kappa shape index (κ1) is 26.6. The second kappa shape index (κ2) is 13.8. The zero-order chi connectivity index (χ0) is 25.0. The number of rotatable bonds is 14. The fourth-order valence-corrected chi connectivity index (χ4v) is 4.01. The Morgan fingerprint density at radius 2 is 1.74 bits per heavy atom. The summed E-state index contributed by atoms with van der Waals surface area (Å²) in [6.07, 6.45) is 12.9. The average Bonchev–Trinajstić information content (AvgIpc) is 2.87. The molecule has 1 unspecified atom stereocenters. The molecular weight excluding hydrogens is 442 g/mol. The second-order valence-electron chi connectivity index (χ2n) is 8.88. The van der Waals surface area contributed by atoms with E-state index in [2.05, 4.69) is 38.6 Å². The van der Waals surface area contributed by atoms with Crippen molar-refractivity contribution in [2.45, 2.75) is 58.5 Å². The number of hydrogen-bond donors (Lipinski definition) is 0. The smallest absolute Gasteiger partial charge is 0.201 e. The summed E-state index contributed by atoms with van der Waals surface area (Å²) in [4.78, 5) is 0. The van der Waals surface area contributed by atoms with Gasteiger partial charge in [-0.1, -0.05) is 68.8 Å². The summed E-state index contributed by atoms with van der Waals surface area (Å²) < 4.78 is 40.1. The van der Waals surface area contributed by atoms with Crippen molar-refractivity contribution in [2.24, 2.45) is 0 Å². The Bertz CT molecular complexity index is 1140. The first-order valence-corrected chi connectivity index (χ1v) is 12.6. The van der Waals surface area contributed by atoms with E-state index in [1.165, 1.54) is 25.0 Å². The van der Waals surface area contributed by atoms with E-state index in [-0.39, 0.29) is 17.9 Å². The lowest BCUT2D eigenvalue weighted by atomic mass is 9.99. The van der Waals surface area contributed by atoms with Gasteiger partial charge in [0.05, 0.1) is 6.10 Å². The SMILES string of the molecule is C=CCOc1ccc(-c2ccc3cc(/C=C/CCCC(C)OCCCCC)ccc3c2)c(F)c1F. The number of fused-ring (bicyclic) bond motifs is 1. The Hall–Kier alpha value is -2.98. The molecule has 0 N–H and O–H groups in total. The maximum Gasteiger partial charge on any atom is 0.201 e. The number of hydrogen-bond acceptors (Lipinski definition) is 2. The third kappa shape index (κ3) is 7.76. The molecule has 0 spiro atoms. The zero-order valence-electron chi connectivity index (χ0n) is 20.9. The molecule has 1 atom stereocenters. The molecule has 3 aromatic rings. The van der Waals surface area contributed by atoms with Crippen molar-refractivity contribution < 1.29 is 18.3 Å². The standard InChI is InChI=1S/C31H36F2O2/c1-4-6-10-20-34-23(3)11-8-7-9-12-24-13-14-26-22-27(16-15-25(26)21-24)28-17-18-29(35-19-5-2)31(33)30(28)32/h5,9,12-18,21-23H,2,4,6-8,10-11,19-20H2,1,3H3/b12-9+. The molecule has 0 saturated heterocycles. The van der Waals surface area contributed by atoms with Crippen LogP contribution in [0.15, 0.2) is 67.3 Å². The van der Waals surface area contributed by atoms with Crippen LogP contribution in [0.1, 0.15) is 57.9 Å². The first-order chi connectivity index (χ1) is 17.0.